The number of aryl methyl sites for hydroxylation is 1. The Balaban J connectivity index is 1.80. The van der Waals surface area contributed by atoms with Gasteiger partial charge in [-0.1, -0.05) is 30.3 Å². The Morgan fingerprint density at radius 2 is 1.72 bits per heavy atom. The molecule has 2 aliphatic rings. The maximum absolute atomic E-state index is 12.8. The van der Waals surface area contributed by atoms with Gasteiger partial charge >= 0.3 is 5.97 Å². The number of carbonyl (C=O) groups excluding carboxylic acids is 1. The molecule has 5 heteroatoms. The molecule has 1 spiro atoms. The number of hydrogen-bond donors (Lipinski definition) is 1. The molecule has 2 heterocycles. The first-order valence-corrected chi connectivity index (χ1v) is 9.74. The van der Waals surface area contributed by atoms with Gasteiger partial charge < -0.3 is 9.47 Å². The summed E-state index contributed by atoms with van der Waals surface area (Å²) in [4.78, 5) is 12.8. The van der Waals surface area contributed by atoms with E-state index in [0.29, 0.717) is 17.1 Å². The number of nitrogens with zero attached hydrogens (tertiary/aromatic N) is 1. The molecule has 5 rings (SSSR count). The van der Waals surface area contributed by atoms with Crippen LogP contribution in [0.4, 0.5) is 5.69 Å². The van der Waals surface area contributed by atoms with Crippen LogP contribution in [0.3, 0.4) is 0 Å². The molecule has 3 aromatic carbocycles. The summed E-state index contributed by atoms with van der Waals surface area (Å²) in [5.74, 6) is 1.08. The van der Waals surface area contributed by atoms with Gasteiger partial charge in [0.1, 0.15) is 18.5 Å². The van der Waals surface area contributed by atoms with Gasteiger partial charge in [0, 0.05) is 22.8 Å². The van der Waals surface area contributed by atoms with Crippen molar-refractivity contribution in [3.63, 3.8) is 0 Å². The highest BCUT2D eigenvalue weighted by Gasteiger charge is 2.53. The molecule has 1 unspecified atom stereocenters. The third-order valence-electron chi connectivity index (χ3n) is 5.75. The van der Waals surface area contributed by atoms with Gasteiger partial charge in [-0.15, -0.1) is 0 Å². The van der Waals surface area contributed by atoms with E-state index >= 15 is 0 Å². The van der Waals surface area contributed by atoms with Crippen molar-refractivity contribution >= 4 is 11.7 Å². The fraction of sp³-hybridized carbons (Fsp3) is 0.167. The zero-order chi connectivity index (χ0) is 20.2. The molecule has 145 valence electrons. The number of hydrogen-bond acceptors (Lipinski definition) is 4. The average Bonchev–Trinajstić information content (AvgIpc) is 3.02. The molecule has 0 aliphatic carbocycles. The molecule has 2 aliphatic heterocycles. The molecular formula is C24H22N2O3+. The zero-order valence-corrected chi connectivity index (χ0v) is 16.4. The number of carbonyl (C=O) groups is 1. The monoisotopic (exact) mass is 386 g/mol. The molecule has 1 radical (unpaired) electrons. The lowest BCUT2D eigenvalue weighted by Gasteiger charge is -2.37. The zero-order valence-electron chi connectivity index (χ0n) is 16.4. The fourth-order valence-electron chi connectivity index (χ4n) is 4.37. The second-order valence-electron chi connectivity index (χ2n) is 7.37. The molecule has 5 nitrogen and oxygen atoms in total. The first-order valence-electron chi connectivity index (χ1n) is 9.74. The van der Waals surface area contributed by atoms with Crippen molar-refractivity contribution in [1.82, 2.24) is 0 Å². The van der Waals surface area contributed by atoms with Crippen molar-refractivity contribution in [2.24, 2.45) is 0 Å². The standard InChI is InChI=1S/C24H22N2O3/c1-4-26(25-3)16-10-12-20-22(14-16)28-21-13-15(2)9-11-19(21)24(20)18-8-6-5-7-17(18)23(27)29-24/h5-14H,3-4,25H2,1-2H3/q+1. The van der Waals surface area contributed by atoms with Crippen LogP contribution in [-0.4, -0.2) is 12.5 Å². The second kappa shape index (κ2) is 6.36. The van der Waals surface area contributed by atoms with Crippen LogP contribution in [0.25, 0.3) is 0 Å². The van der Waals surface area contributed by atoms with Gasteiger partial charge in [0.05, 0.1) is 17.8 Å². The molecule has 0 bridgehead atoms. The average molecular weight is 386 g/mol. The molecule has 0 saturated carbocycles. The van der Waals surface area contributed by atoms with Crippen LogP contribution in [0.2, 0.25) is 0 Å². The topological polar surface area (TPSA) is 55.4 Å². The molecule has 0 aromatic heterocycles. The van der Waals surface area contributed by atoms with Crippen molar-refractivity contribution in [1.29, 1.82) is 0 Å². The Hall–Kier alpha value is -3.31. The predicted molar refractivity (Wildman–Crippen MR) is 110 cm³/mol. The van der Waals surface area contributed by atoms with E-state index < -0.39 is 5.60 Å². The number of fused-ring (bicyclic) bond motifs is 6. The van der Waals surface area contributed by atoms with Gasteiger partial charge in [-0.2, -0.15) is 0 Å². The largest absolute Gasteiger partial charge is 0.456 e. The third-order valence-corrected chi connectivity index (χ3v) is 5.75. The smallest absolute Gasteiger partial charge is 0.340 e. The van der Waals surface area contributed by atoms with Crippen molar-refractivity contribution in [3.8, 4) is 11.5 Å². The number of quaternary nitrogens is 1. The summed E-state index contributed by atoms with van der Waals surface area (Å²) >= 11 is 0. The second-order valence-corrected chi connectivity index (χ2v) is 7.37. The number of anilines is 1. The number of rotatable bonds is 3. The number of benzene rings is 3. The molecule has 1 atom stereocenters. The Morgan fingerprint density at radius 3 is 2.48 bits per heavy atom. The Bertz CT molecular complexity index is 1140. The van der Waals surface area contributed by atoms with Gasteiger partial charge in [-0.25, -0.2) is 15.2 Å². The highest BCUT2D eigenvalue weighted by atomic mass is 16.6. The summed E-state index contributed by atoms with van der Waals surface area (Å²) < 4.78 is 12.5. The predicted octanol–water partition coefficient (Wildman–Crippen LogP) is 3.66. The quantitative estimate of drug-likeness (QED) is 0.424. The van der Waals surface area contributed by atoms with Gasteiger partial charge in [-0.05, 0) is 43.7 Å². The molecule has 0 fully saturated rings. The lowest BCUT2D eigenvalue weighted by molar-refractivity contribution is -0.608. The Morgan fingerprint density at radius 1 is 1.00 bits per heavy atom. The first kappa shape index (κ1) is 17.8. The van der Waals surface area contributed by atoms with Crippen molar-refractivity contribution in [2.75, 3.05) is 11.6 Å². The van der Waals surface area contributed by atoms with Gasteiger partial charge in [0.25, 0.3) is 0 Å². The van der Waals surface area contributed by atoms with E-state index in [1.54, 1.807) is 5.43 Å². The van der Waals surface area contributed by atoms with Crippen LogP contribution in [-0.2, 0) is 10.3 Å². The van der Waals surface area contributed by atoms with Crippen LogP contribution in [0, 0.1) is 14.0 Å². The van der Waals surface area contributed by atoms with Crippen molar-refractivity contribution < 1.29 is 19.7 Å². The van der Waals surface area contributed by atoms with Crippen LogP contribution in [0.5, 0.6) is 11.5 Å². The minimum atomic E-state index is -1.01. The summed E-state index contributed by atoms with van der Waals surface area (Å²) in [6.07, 6.45) is 0. The first-order chi connectivity index (χ1) is 14.1. The van der Waals surface area contributed by atoms with Gasteiger partial charge in [0.15, 0.2) is 5.60 Å². The molecule has 3 aromatic rings. The molecule has 0 amide bonds. The van der Waals surface area contributed by atoms with E-state index in [0.717, 1.165) is 34.5 Å². The van der Waals surface area contributed by atoms with E-state index in [2.05, 4.69) is 14.0 Å². The molecular weight excluding hydrogens is 364 g/mol. The van der Waals surface area contributed by atoms with E-state index in [1.807, 2.05) is 72.6 Å². The van der Waals surface area contributed by atoms with E-state index in [4.69, 9.17) is 9.47 Å². The highest BCUT2D eigenvalue weighted by molar-refractivity contribution is 5.97. The number of ether oxygens (including phenoxy) is 2. The summed E-state index contributed by atoms with van der Waals surface area (Å²) in [6.45, 7) is 4.88. The van der Waals surface area contributed by atoms with Crippen LogP contribution in [0.1, 0.15) is 39.5 Å². The summed E-state index contributed by atoms with van der Waals surface area (Å²) in [7, 11) is 3.89. The molecule has 2 N–H and O–H groups in total. The fourth-order valence-corrected chi connectivity index (χ4v) is 4.37. The highest BCUT2D eigenvalue weighted by Crippen LogP contribution is 2.56. The van der Waals surface area contributed by atoms with Crippen LogP contribution < -0.4 is 15.2 Å². The Labute approximate surface area is 169 Å². The lowest BCUT2D eigenvalue weighted by atomic mass is 9.77. The van der Waals surface area contributed by atoms with Crippen molar-refractivity contribution in [2.45, 2.75) is 19.4 Å². The van der Waals surface area contributed by atoms with E-state index in [-0.39, 0.29) is 5.97 Å². The minimum absolute atomic E-state index is 0.315. The molecule has 29 heavy (non-hydrogen) atoms. The normalized spacial score (nSPS) is 18.5. The van der Waals surface area contributed by atoms with Crippen molar-refractivity contribution in [3.05, 3.63) is 95.5 Å². The maximum Gasteiger partial charge on any atom is 0.340 e. The summed E-state index contributed by atoms with van der Waals surface area (Å²) in [5.41, 5.74) is 5.97. The van der Waals surface area contributed by atoms with E-state index in [9.17, 15) is 4.79 Å². The number of nitrogens with two attached hydrogens (primary N) is 1. The summed E-state index contributed by atoms with van der Waals surface area (Å²) in [5, 5.41) is 2.04. The molecule has 0 saturated heterocycles. The maximum atomic E-state index is 12.8. The van der Waals surface area contributed by atoms with Crippen LogP contribution in [0.15, 0.2) is 60.7 Å². The Kier molecular flexibility index (Phi) is 3.89. The lowest BCUT2D eigenvalue weighted by Crippen LogP contribution is -2.89. The SMILES string of the molecule is [CH2][NH2+]N(CC)c1ccc2c(c1)Oc1cc(C)ccc1C21OC(=O)c2ccccc21. The van der Waals surface area contributed by atoms with Gasteiger partial charge in [0.2, 0.25) is 0 Å². The minimum Gasteiger partial charge on any atom is -0.456 e. The van der Waals surface area contributed by atoms with E-state index in [1.165, 1.54) is 0 Å². The third kappa shape index (κ3) is 2.41. The van der Waals surface area contributed by atoms with Crippen LogP contribution >= 0.6 is 0 Å². The summed E-state index contributed by atoms with van der Waals surface area (Å²) in [6, 6.07) is 19.6. The number of esters is 1. The van der Waals surface area contributed by atoms with Gasteiger partial charge in [-0.3, -0.25) is 0 Å².